The van der Waals surface area contributed by atoms with Crippen LogP contribution >= 0.6 is 0 Å². The zero-order valence-corrected chi connectivity index (χ0v) is 73.4. The van der Waals surface area contributed by atoms with E-state index in [0.717, 1.165) is 95.0 Å². The molecule has 18 nitrogen and oxygen atoms in total. The van der Waals surface area contributed by atoms with E-state index < -0.39 is 12.0 Å². The van der Waals surface area contributed by atoms with Crippen molar-refractivity contribution in [3.63, 3.8) is 0 Å². The molecule has 0 spiro atoms. The second-order valence-corrected chi connectivity index (χ2v) is 25.6. The maximum Gasteiger partial charge on any atom is 0.299 e. The predicted octanol–water partition coefficient (Wildman–Crippen LogP) is 13.2. The van der Waals surface area contributed by atoms with Gasteiger partial charge in [0.2, 0.25) is 0 Å². The Morgan fingerprint density at radius 1 is 0.465 bits per heavy atom. The Morgan fingerprint density at radius 3 is 1.82 bits per heavy atom. The molecule has 17 rings (SSSR count). The SMILES string of the molecule is CC1(C)c2cc(F)cnc2-c2[c-]ncnc2C1(C)C.CC1(C)c2cccnc2-c2[c-]cc(F)nc2C1(C)C.CC1(C)c2cnc(F)nc2-c2[c-]ccnc2C1(C)C.[Ir].[Ir].[Ir].[Ir].[Ir].[Ir].[Y].[c-]1ccnc2ccc3ccnn3c12.[c-]1ccnc2ccn3ccnc3c12.[c-]1ncn[c-]c1-c1ncc[n-]1. The summed E-state index contributed by atoms with van der Waals surface area (Å²) >= 11 is 0. The summed E-state index contributed by atoms with van der Waals surface area (Å²) in [6.07, 6.45) is 30.9. The van der Waals surface area contributed by atoms with Gasteiger partial charge in [-0.3, -0.25) is 20.0 Å². The van der Waals surface area contributed by atoms with Gasteiger partial charge in [-0.15, -0.1) is 53.9 Å². The third-order valence-corrected chi connectivity index (χ3v) is 19.1. The minimum atomic E-state index is -0.711. The Balaban J connectivity index is 0.000000217. The topological polar surface area (TPSA) is 216 Å². The molecule has 3 aliphatic rings. The summed E-state index contributed by atoms with van der Waals surface area (Å²) in [5.41, 5.74) is 14.1. The number of fused-ring (bicyclic) bond motifs is 15. The summed E-state index contributed by atoms with van der Waals surface area (Å²) in [5.74, 6) is -0.240. The molecular weight excluding hydrogens is 2430 g/mol. The molecule has 0 amide bonds. The van der Waals surface area contributed by atoms with Gasteiger partial charge in [-0.25, -0.2) is 19.6 Å². The number of rotatable bonds is 1. The van der Waals surface area contributed by atoms with Crippen molar-refractivity contribution in [2.24, 2.45) is 0 Å². The van der Waals surface area contributed by atoms with Gasteiger partial charge in [-0.1, -0.05) is 154 Å². The van der Waals surface area contributed by atoms with Crippen molar-refractivity contribution >= 4 is 33.1 Å². The fraction of sp³-hybridized carbons (Fsp3) is 0.247. The number of imidazole rings is 2. The molecule has 0 atom stereocenters. The van der Waals surface area contributed by atoms with E-state index >= 15 is 0 Å². The number of nitrogens with zero attached hydrogens (tertiary/aromatic N) is 18. The van der Waals surface area contributed by atoms with Gasteiger partial charge in [-0.2, -0.15) is 34.0 Å². The Hall–Kier alpha value is -5.96. The van der Waals surface area contributed by atoms with E-state index in [4.69, 9.17) is 0 Å². The smallest absolute Gasteiger partial charge is 0.299 e. The molecular formula is C73H61F3Ir6N18Y-8. The summed E-state index contributed by atoms with van der Waals surface area (Å²) in [6, 6.07) is 32.5. The Bertz CT molecular complexity index is 4880. The second kappa shape index (κ2) is 34.8. The van der Waals surface area contributed by atoms with Crippen molar-refractivity contribution < 1.29 is 167 Å². The normalized spacial score (nSPS) is 14.4. The second-order valence-electron chi connectivity index (χ2n) is 25.6. The van der Waals surface area contributed by atoms with Crippen molar-refractivity contribution in [3.05, 3.63) is 248 Å². The van der Waals surface area contributed by atoms with E-state index in [9.17, 15) is 13.2 Å². The fourth-order valence-corrected chi connectivity index (χ4v) is 11.7. The standard InChI is InChI=1S/C16H16FN2.2C15H15FN3.2C10H6N3.C7H3N4.6Ir.Y/c1-15(2)11-6-5-9-18-13(11)10-7-8-12(17)19-14(10)16(15,3)4;1-14(2)11-5-9(16)6-18-12(11)10-7-17-8-19-13(10)15(14,3)4;1-14(2)10-8-18-13(16)19-11(10)9-6-5-7-17-12(9)15(14,3)4;1-2-10-9(11-6-1)4-3-8-5-7-12-13(8)10;1-2-8-9(11-4-1)3-6-13-7-5-12-10(8)13;1-2-11-7(10-1)6-3-8-5-9-4-6;;;;;;;/h5-6,8-9H,1-4H3;5-6,8H,1-4H3;5,7-8H,1-4H3;2*1,3-7H;1-2,5H;;;;;;;/q5*-1;-3;;;;;;;. The van der Waals surface area contributed by atoms with Crippen molar-refractivity contribution in [1.82, 2.24) is 88.8 Å². The minimum Gasteiger partial charge on any atom is -0.540 e. The van der Waals surface area contributed by atoms with Crippen LogP contribution in [0.4, 0.5) is 13.2 Å². The summed E-state index contributed by atoms with van der Waals surface area (Å²) in [4.78, 5) is 61.3. The molecule has 7 radical (unpaired) electrons. The molecule has 28 heteroatoms. The molecule has 0 saturated carbocycles. The van der Waals surface area contributed by atoms with Crippen molar-refractivity contribution in [2.75, 3.05) is 0 Å². The Labute approximate surface area is 689 Å². The number of pyridine rings is 8. The summed E-state index contributed by atoms with van der Waals surface area (Å²) in [6.45, 7) is 25.4. The maximum atomic E-state index is 13.6. The number of aromatic nitrogens is 18. The van der Waals surface area contributed by atoms with Crippen LogP contribution in [0.3, 0.4) is 0 Å². The van der Waals surface area contributed by atoms with Crippen LogP contribution in [0.1, 0.15) is 117 Å². The summed E-state index contributed by atoms with van der Waals surface area (Å²) < 4.78 is 44.2. The van der Waals surface area contributed by atoms with Crippen LogP contribution in [0.5, 0.6) is 0 Å². The minimum absolute atomic E-state index is 0. The molecule has 529 valence electrons. The average molecular weight is 2490 g/mol. The van der Waals surface area contributed by atoms with Gasteiger partial charge in [0.15, 0.2) is 0 Å². The molecule has 0 saturated heterocycles. The zero-order chi connectivity index (χ0) is 66.4. The van der Waals surface area contributed by atoms with Crippen molar-refractivity contribution in [1.29, 1.82) is 0 Å². The monoisotopic (exact) mass is 2490 g/mol. The fourth-order valence-electron chi connectivity index (χ4n) is 11.7. The van der Waals surface area contributed by atoms with Crippen LogP contribution in [0.15, 0.2) is 154 Å². The van der Waals surface area contributed by atoms with Gasteiger partial charge < -0.3 is 64.2 Å². The molecule has 0 aromatic carbocycles. The predicted molar refractivity (Wildman–Crippen MR) is 347 cm³/mol. The molecule has 0 aliphatic heterocycles. The van der Waals surface area contributed by atoms with Gasteiger partial charge in [0, 0.05) is 191 Å². The number of hydrogen-bond donors (Lipinski definition) is 0. The van der Waals surface area contributed by atoms with Crippen LogP contribution in [-0.4, -0.2) is 83.8 Å². The third-order valence-electron chi connectivity index (χ3n) is 19.1. The van der Waals surface area contributed by atoms with E-state index in [-0.39, 0.29) is 192 Å². The third kappa shape index (κ3) is 16.5. The van der Waals surface area contributed by atoms with Gasteiger partial charge >= 0.3 is 0 Å². The summed E-state index contributed by atoms with van der Waals surface area (Å²) in [7, 11) is 0. The van der Waals surface area contributed by atoms with Gasteiger partial charge in [-0.05, 0) is 125 Å². The van der Waals surface area contributed by atoms with Crippen LogP contribution in [-0.2, 0) is 186 Å². The van der Waals surface area contributed by atoms with Gasteiger partial charge in [0.25, 0.3) is 6.08 Å². The van der Waals surface area contributed by atoms with Gasteiger partial charge in [0.05, 0.1) is 17.4 Å². The Morgan fingerprint density at radius 2 is 1.10 bits per heavy atom. The molecule has 0 N–H and O–H groups in total. The molecule has 14 aromatic heterocycles. The van der Waals surface area contributed by atoms with Crippen molar-refractivity contribution in [3.8, 4) is 45.2 Å². The average Bonchev–Trinajstić information content (AvgIpc) is 1.08. The molecule has 14 aromatic rings. The molecule has 14 heterocycles. The summed E-state index contributed by atoms with van der Waals surface area (Å²) in [5, 5.41) is 5.16. The largest absolute Gasteiger partial charge is 0.540 e. The molecule has 0 bridgehead atoms. The molecule has 101 heavy (non-hydrogen) atoms. The van der Waals surface area contributed by atoms with E-state index in [2.05, 4.69) is 212 Å². The van der Waals surface area contributed by atoms with E-state index in [1.807, 2.05) is 51.6 Å². The Kier molecular flexibility index (Phi) is 29.5. The molecule has 3 aliphatic carbocycles. The van der Waals surface area contributed by atoms with Gasteiger partial charge in [0.1, 0.15) is 11.8 Å². The first-order chi connectivity index (χ1) is 44.9. The van der Waals surface area contributed by atoms with E-state index in [1.54, 1.807) is 80.0 Å². The first kappa shape index (κ1) is 85.7. The first-order valence-electron chi connectivity index (χ1n) is 30.0. The quantitative estimate of drug-likeness (QED) is 0.0848. The van der Waals surface area contributed by atoms with Crippen LogP contribution in [0, 0.1) is 60.7 Å². The number of halogens is 3. The van der Waals surface area contributed by atoms with Crippen molar-refractivity contribution in [2.45, 2.75) is 116 Å². The molecule has 0 unspecified atom stereocenters. The molecule has 0 fully saturated rings. The van der Waals surface area contributed by atoms with Crippen LogP contribution in [0.25, 0.3) is 78.3 Å². The van der Waals surface area contributed by atoms with E-state index in [0.29, 0.717) is 17.1 Å². The first-order valence-corrected chi connectivity index (χ1v) is 30.0. The zero-order valence-electron chi connectivity index (χ0n) is 56.2. The van der Waals surface area contributed by atoms with Crippen LogP contribution in [0.2, 0.25) is 0 Å². The maximum absolute atomic E-state index is 13.6. The number of hydrogen-bond acceptors (Lipinski definition) is 15. The van der Waals surface area contributed by atoms with Crippen LogP contribution < -0.4 is 4.98 Å². The van der Waals surface area contributed by atoms with E-state index in [1.165, 1.54) is 24.9 Å².